The predicted molar refractivity (Wildman–Crippen MR) is 115 cm³/mol. The third-order valence-corrected chi connectivity index (χ3v) is 4.33. The van der Waals surface area contributed by atoms with Crippen molar-refractivity contribution in [1.29, 1.82) is 0 Å². The summed E-state index contributed by atoms with van der Waals surface area (Å²) in [7, 11) is 0. The molecule has 0 aliphatic rings. The highest BCUT2D eigenvalue weighted by molar-refractivity contribution is 5.72. The van der Waals surface area contributed by atoms with E-state index in [9.17, 15) is 9.50 Å². The lowest BCUT2D eigenvalue weighted by atomic mass is 10.00. The van der Waals surface area contributed by atoms with Gasteiger partial charge >= 0.3 is 0 Å². The highest BCUT2D eigenvalue weighted by atomic mass is 19.1. The Kier molecular flexibility index (Phi) is 8.99. The van der Waals surface area contributed by atoms with E-state index in [1.165, 1.54) is 12.1 Å². The molecule has 0 bridgehead atoms. The number of phenolic OH excluding ortho intramolecular Hbond substituents is 2. The van der Waals surface area contributed by atoms with E-state index in [0.29, 0.717) is 30.2 Å². The summed E-state index contributed by atoms with van der Waals surface area (Å²) >= 11 is 0. The standard InChI is InChI=1S/C18H22FNO2.C6H6O/c1-2-13-11-16(14-5-7-15(19)8-6-14)17(21)12-18(13)22-10-4-3-9-20;7-6-4-2-1-3-5-6/h5-8,11-12,21H,2-4,9-10,20H2,1H3;1-5,7H. The van der Waals surface area contributed by atoms with Crippen LogP contribution in [0.15, 0.2) is 66.7 Å². The number of rotatable bonds is 7. The van der Waals surface area contributed by atoms with E-state index in [0.717, 1.165) is 30.4 Å². The summed E-state index contributed by atoms with van der Waals surface area (Å²) in [6, 6.07) is 18.3. The van der Waals surface area contributed by atoms with Crippen LogP contribution in [-0.2, 0) is 6.42 Å². The minimum atomic E-state index is -0.293. The number of hydrogen-bond donors (Lipinski definition) is 3. The van der Waals surface area contributed by atoms with Gasteiger partial charge in [0.25, 0.3) is 0 Å². The van der Waals surface area contributed by atoms with Crippen LogP contribution in [0.25, 0.3) is 11.1 Å². The Morgan fingerprint density at radius 2 is 1.62 bits per heavy atom. The Labute approximate surface area is 171 Å². The lowest BCUT2D eigenvalue weighted by Gasteiger charge is -2.14. The molecule has 0 saturated heterocycles. The van der Waals surface area contributed by atoms with Gasteiger partial charge < -0.3 is 20.7 Å². The number of benzene rings is 3. The van der Waals surface area contributed by atoms with Crippen molar-refractivity contribution in [2.24, 2.45) is 5.73 Å². The molecular formula is C24H28FNO3. The van der Waals surface area contributed by atoms with Crippen molar-refractivity contribution < 1.29 is 19.3 Å². The van der Waals surface area contributed by atoms with E-state index >= 15 is 0 Å². The van der Waals surface area contributed by atoms with Crippen molar-refractivity contribution in [2.45, 2.75) is 26.2 Å². The van der Waals surface area contributed by atoms with Crippen molar-refractivity contribution in [1.82, 2.24) is 0 Å². The molecule has 0 amide bonds. The maximum Gasteiger partial charge on any atom is 0.127 e. The van der Waals surface area contributed by atoms with E-state index in [1.54, 1.807) is 42.5 Å². The van der Waals surface area contributed by atoms with Gasteiger partial charge in [-0.15, -0.1) is 0 Å². The van der Waals surface area contributed by atoms with Crippen LogP contribution in [0.3, 0.4) is 0 Å². The molecule has 3 aromatic carbocycles. The Bertz CT molecular complexity index is 867. The Morgan fingerprint density at radius 1 is 0.931 bits per heavy atom. The largest absolute Gasteiger partial charge is 0.508 e. The molecule has 0 aliphatic carbocycles. The second kappa shape index (κ2) is 11.7. The van der Waals surface area contributed by atoms with E-state index < -0.39 is 0 Å². The van der Waals surface area contributed by atoms with Gasteiger partial charge in [-0.3, -0.25) is 0 Å². The fourth-order valence-corrected chi connectivity index (χ4v) is 2.74. The maximum atomic E-state index is 13.0. The molecule has 4 nitrogen and oxygen atoms in total. The molecule has 0 radical (unpaired) electrons. The highest BCUT2D eigenvalue weighted by Gasteiger charge is 2.11. The summed E-state index contributed by atoms with van der Waals surface area (Å²) in [6.07, 6.45) is 2.60. The SMILES string of the molecule is CCc1cc(-c2ccc(F)cc2)c(O)cc1OCCCCN.Oc1ccccc1. The maximum absolute atomic E-state index is 13.0. The fourth-order valence-electron chi connectivity index (χ4n) is 2.74. The Morgan fingerprint density at radius 3 is 2.17 bits per heavy atom. The lowest BCUT2D eigenvalue weighted by molar-refractivity contribution is 0.303. The van der Waals surface area contributed by atoms with Gasteiger partial charge in [0.15, 0.2) is 0 Å². The van der Waals surface area contributed by atoms with Crippen LogP contribution < -0.4 is 10.5 Å². The third kappa shape index (κ3) is 7.12. The molecule has 4 N–H and O–H groups in total. The summed E-state index contributed by atoms with van der Waals surface area (Å²) in [5.41, 5.74) is 7.95. The number of hydrogen-bond acceptors (Lipinski definition) is 4. The summed E-state index contributed by atoms with van der Waals surface area (Å²) < 4.78 is 18.8. The van der Waals surface area contributed by atoms with Gasteiger partial charge in [0.05, 0.1) is 6.61 Å². The molecule has 0 unspecified atom stereocenters. The van der Waals surface area contributed by atoms with Crippen LogP contribution in [0.2, 0.25) is 0 Å². The topological polar surface area (TPSA) is 75.7 Å². The monoisotopic (exact) mass is 397 g/mol. The van der Waals surface area contributed by atoms with Crippen LogP contribution >= 0.6 is 0 Å². The molecule has 0 spiro atoms. The summed E-state index contributed by atoms with van der Waals surface area (Å²) in [4.78, 5) is 0. The average Bonchev–Trinajstić information content (AvgIpc) is 2.73. The molecule has 154 valence electrons. The molecule has 0 heterocycles. The summed E-state index contributed by atoms with van der Waals surface area (Å²) in [6.45, 7) is 3.27. The molecule has 0 aromatic heterocycles. The van der Waals surface area contributed by atoms with Gasteiger partial charge in [-0.1, -0.05) is 37.3 Å². The normalized spacial score (nSPS) is 10.2. The molecule has 5 heteroatoms. The van der Waals surface area contributed by atoms with E-state index in [2.05, 4.69) is 0 Å². The molecule has 0 saturated carbocycles. The number of halogens is 1. The van der Waals surface area contributed by atoms with Crippen molar-refractivity contribution in [2.75, 3.05) is 13.2 Å². The first-order valence-electron chi connectivity index (χ1n) is 9.73. The number of phenols is 2. The first-order chi connectivity index (χ1) is 14.0. The van der Waals surface area contributed by atoms with E-state index in [1.807, 2.05) is 19.1 Å². The van der Waals surface area contributed by atoms with Crippen molar-refractivity contribution in [3.8, 4) is 28.4 Å². The molecule has 0 atom stereocenters. The highest BCUT2D eigenvalue weighted by Crippen LogP contribution is 2.35. The number of ether oxygens (including phenoxy) is 1. The van der Waals surface area contributed by atoms with Crippen LogP contribution in [0.1, 0.15) is 25.3 Å². The third-order valence-electron chi connectivity index (χ3n) is 4.33. The van der Waals surface area contributed by atoms with Gasteiger partial charge in [0.1, 0.15) is 23.1 Å². The number of aryl methyl sites for hydroxylation is 1. The lowest BCUT2D eigenvalue weighted by Crippen LogP contribution is -2.04. The predicted octanol–water partition coefficient (Wildman–Crippen LogP) is 5.27. The summed E-state index contributed by atoms with van der Waals surface area (Å²) in [5, 5.41) is 18.9. The fraction of sp³-hybridized carbons (Fsp3) is 0.250. The molecular weight excluding hydrogens is 369 g/mol. The number of unbranched alkanes of at least 4 members (excludes halogenated alkanes) is 1. The van der Waals surface area contributed by atoms with Gasteiger partial charge in [-0.25, -0.2) is 4.39 Å². The van der Waals surface area contributed by atoms with Crippen LogP contribution in [0.4, 0.5) is 4.39 Å². The molecule has 3 aromatic rings. The molecule has 3 rings (SSSR count). The quantitative estimate of drug-likeness (QED) is 0.475. The Hall–Kier alpha value is -3.05. The minimum absolute atomic E-state index is 0.137. The van der Waals surface area contributed by atoms with Gasteiger partial charge in [0, 0.05) is 11.6 Å². The minimum Gasteiger partial charge on any atom is -0.508 e. The van der Waals surface area contributed by atoms with Crippen LogP contribution in [0, 0.1) is 5.82 Å². The smallest absolute Gasteiger partial charge is 0.127 e. The zero-order valence-electron chi connectivity index (χ0n) is 16.6. The molecule has 0 aliphatic heterocycles. The second-order valence-electron chi connectivity index (χ2n) is 6.52. The number of aromatic hydroxyl groups is 2. The number of nitrogens with two attached hydrogens (primary N) is 1. The first kappa shape index (κ1) is 22.2. The average molecular weight is 397 g/mol. The first-order valence-corrected chi connectivity index (χ1v) is 9.73. The molecule has 0 fully saturated rings. The number of para-hydroxylation sites is 1. The molecule has 29 heavy (non-hydrogen) atoms. The Balaban J connectivity index is 0.000000360. The zero-order valence-corrected chi connectivity index (χ0v) is 16.6. The van der Waals surface area contributed by atoms with Crippen LogP contribution in [-0.4, -0.2) is 23.4 Å². The van der Waals surface area contributed by atoms with Crippen LogP contribution in [0.5, 0.6) is 17.2 Å². The van der Waals surface area contributed by atoms with Crippen molar-refractivity contribution >= 4 is 0 Å². The van der Waals surface area contributed by atoms with E-state index in [-0.39, 0.29) is 11.6 Å². The van der Waals surface area contributed by atoms with Gasteiger partial charge in [-0.05, 0) is 67.3 Å². The second-order valence-corrected chi connectivity index (χ2v) is 6.52. The zero-order chi connectivity index (χ0) is 21.1. The van der Waals surface area contributed by atoms with Crippen molar-refractivity contribution in [3.63, 3.8) is 0 Å². The van der Waals surface area contributed by atoms with Crippen molar-refractivity contribution in [3.05, 3.63) is 78.1 Å². The van der Waals surface area contributed by atoms with E-state index in [4.69, 9.17) is 15.6 Å². The summed E-state index contributed by atoms with van der Waals surface area (Å²) in [5.74, 6) is 0.863. The van der Waals surface area contributed by atoms with Gasteiger partial charge in [0.2, 0.25) is 0 Å². The van der Waals surface area contributed by atoms with Gasteiger partial charge in [-0.2, -0.15) is 0 Å².